The topological polar surface area (TPSA) is 46.6 Å². The van der Waals surface area contributed by atoms with Crippen molar-refractivity contribution < 1.29 is 9.47 Å². The molecule has 2 fully saturated rings. The second-order valence-corrected chi connectivity index (χ2v) is 8.29. The molecule has 3 rings (SSSR count). The van der Waals surface area contributed by atoms with Crippen molar-refractivity contribution in [2.24, 2.45) is 0 Å². The zero-order valence-corrected chi connectivity index (χ0v) is 17.7. The van der Waals surface area contributed by atoms with Crippen molar-refractivity contribution in [1.29, 1.82) is 0 Å². The van der Waals surface area contributed by atoms with Crippen molar-refractivity contribution in [2.45, 2.75) is 83.2 Å². The van der Waals surface area contributed by atoms with Gasteiger partial charge in [-0.05, 0) is 64.3 Å². The van der Waals surface area contributed by atoms with Gasteiger partial charge in [-0.1, -0.05) is 13.3 Å². The van der Waals surface area contributed by atoms with E-state index in [-0.39, 0.29) is 0 Å². The average Bonchev–Trinajstić information content (AvgIpc) is 3.26. The van der Waals surface area contributed by atoms with Crippen molar-refractivity contribution in [3.05, 3.63) is 18.5 Å². The molecule has 1 aromatic heterocycles. The Morgan fingerprint density at radius 1 is 1.11 bits per heavy atom. The minimum absolute atomic E-state index is 0.492. The van der Waals surface area contributed by atoms with Gasteiger partial charge in [-0.2, -0.15) is 0 Å². The van der Waals surface area contributed by atoms with Gasteiger partial charge in [0.25, 0.3) is 0 Å². The van der Waals surface area contributed by atoms with E-state index in [9.17, 15) is 0 Å². The Kier molecular flexibility index (Phi) is 9.38. The third kappa shape index (κ3) is 6.93. The molecule has 2 atom stereocenters. The number of piperidine rings is 1. The number of hydrogen-bond donors (Lipinski definition) is 1. The largest absolute Gasteiger partial charge is 0.490 e. The first-order valence-corrected chi connectivity index (χ1v) is 11.5. The van der Waals surface area contributed by atoms with Gasteiger partial charge in [-0.3, -0.25) is 4.98 Å². The molecular formula is C23H39N3O2. The minimum Gasteiger partial charge on any atom is -0.490 e. The second-order valence-electron chi connectivity index (χ2n) is 8.29. The van der Waals surface area contributed by atoms with E-state index in [1.54, 1.807) is 0 Å². The Hall–Kier alpha value is -1.33. The van der Waals surface area contributed by atoms with E-state index in [1.807, 2.05) is 12.4 Å². The fraction of sp³-hybridized carbons (Fsp3) is 0.783. The molecule has 0 unspecified atom stereocenters. The molecule has 3 heterocycles. The first-order chi connectivity index (χ1) is 13.9. The quantitative estimate of drug-likeness (QED) is 0.531. The van der Waals surface area contributed by atoms with E-state index in [0.29, 0.717) is 12.1 Å². The zero-order valence-electron chi connectivity index (χ0n) is 17.7. The van der Waals surface area contributed by atoms with Crippen molar-refractivity contribution in [3.8, 4) is 5.75 Å². The number of aromatic nitrogens is 1. The Bertz CT molecular complexity index is 548. The van der Waals surface area contributed by atoms with Crippen molar-refractivity contribution in [2.75, 3.05) is 37.8 Å². The van der Waals surface area contributed by atoms with Gasteiger partial charge in [0.05, 0.1) is 18.1 Å². The standard InChI is InChI=1S/C23H39N3O2/c1-2-3-14-27-15-7-5-11-21-10-4-6-13-26(21)22-16-23(18-24-17-22)28-19-20-9-8-12-25-20/h16-18,20-21,25H,2-15,19H2,1H3/t20-,21-/m0/s1. The summed E-state index contributed by atoms with van der Waals surface area (Å²) in [6, 6.07) is 3.30. The molecule has 0 amide bonds. The molecule has 0 bridgehead atoms. The summed E-state index contributed by atoms with van der Waals surface area (Å²) in [6.45, 7) is 7.03. The highest BCUT2D eigenvalue weighted by atomic mass is 16.5. The number of unbranched alkanes of at least 4 members (excludes halogenated alkanes) is 2. The molecule has 0 radical (unpaired) electrons. The highest BCUT2D eigenvalue weighted by Crippen LogP contribution is 2.29. The summed E-state index contributed by atoms with van der Waals surface area (Å²) >= 11 is 0. The second kappa shape index (κ2) is 12.3. The van der Waals surface area contributed by atoms with Crippen LogP contribution in [0.5, 0.6) is 5.75 Å². The summed E-state index contributed by atoms with van der Waals surface area (Å²) in [4.78, 5) is 7.04. The molecule has 2 saturated heterocycles. The lowest BCUT2D eigenvalue weighted by Crippen LogP contribution is -2.39. The van der Waals surface area contributed by atoms with Crippen LogP contribution >= 0.6 is 0 Å². The molecule has 158 valence electrons. The predicted octanol–water partition coefficient (Wildman–Crippen LogP) is 4.56. The molecule has 2 aliphatic rings. The molecular weight excluding hydrogens is 350 g/mol. The highest BCUT2D eigenvalue weighted by Gasteiger charge is 2.23. The maximum Gasteiger partial charge on any atom is 0.139 e. The smallest absolute Gasteiger partial charge is 0.139 e. The number of nitrogens with one attached hydrogen (secondary N) is 1. The molecule has 1 N–H and O–H groups in total. The normalized spacial score (nSPS) is 22.5. The van der Waals surface area contributed by atoms with Crippen molar-refractivity contribution in [1.82, 2.24) is 10.3 Å². The minimum atomic E-state index is 0.492. The van der Waals surface area contributed by atoms with Crippen molar-refractivity contribution in [3.63, 3.8) is 0 Å². The molecule has 1 aromatic rings. The summed E-state index contributed by atoms with van der Waals surface area (Å²) < 4.78 is 11.7. The van der Waals surface area contributed by atoms with Crippen LogP contribution in [0.4, 0.5) is 5.69 Å². The number of nitrogens with zero attached hydrogens (tertiary/aromatic N) is 2. The van der Waals surface area contributed by atoms with Crippen LogP contribution in [0, 0.1) is 0 Å². The Morgan fingerprint density at radius 3 is 2.89 bits per heavy atom. The number of hydrogen-bond acceptors (Lipinski definition) is 5. The van der Waals surface area contributed by atoms with Gasteiger partial charge in [0.1, 0.15) is 12.4 Å². The average molecular weight is 390 g/mol. The van der Waals surface area contributed by atoms with Crippen LogP contribution in [0.1, 0.15) is 71.1 Å². The van der Waals surface area contributed by atoms with Crippen molar-refractivity contribution >= 4 is 5.69 Å². The molecule has 5 nitrogen and oxygen atoms in total. The van der Waals surface area contributed by atoms with E-state index < -0.39 is 0 Å². The van der Waals surface area contributed by atoms with Crippen LogP contribution in [0.3, 0.4) is 0 Å². The third-order valence-electron chi connectivity index (χ3n) is 5.99. The van der Waals surface area contributed by atoms with Gasteiger partial charge in [0, 0.05) is 37.9 Å². The van der Waals surface area contributed by atoms with E-state index in [0.717, 1.165) is 38.7 Å². The van der Waals surface area contributed by atoms with Crippen LogP contribution < -0.4 is 15.0 Å². The summed E-state index contributed by atoms with van der Waals surface area (Å²) in [6.07, 6.45) is 16.3. The molecule has 28 heavy (non-hydrogen) atoms. The van der Waals surface area contributed by atoms with Gasteiger partial charge in [-0.15, -0.1) is 0 Å². The predicted molar refractivity (Wildman–Crippen MR) is 115 cm³/mol. The number of rotatable bonds is 12. The number of pyridine rings is 1. The fourth-order valence-electron chi connectivity index (χ4n) is 4.31. The molecule has 0 aliphatic carbocycles. The fourth-order valence-corrected chi connectivity index (χ4v) is 4.31. The van der Waals surface area contributed by atoms with E-state index >= 15 is 0 Å². The summed E-state index contributed by atoms with van der Waals surface area (Å²) in [7, 11) is 0. The molecule has 5 heteroatoms. The number of anilines is 1. The van der Waals surface area contributed by atoms with Gasteiger partial charge in [0.15, 0.2) is 0 Å². The Balaban J connectivity index is 1.46. The monoisotopic (exact) mass is 389 g/mol. The van der Waals surface area contributed by atoms with Gasteiger partial charge >= 0.3 is 0 Å². The van der Waals surface area contributed by atoms with Gasteiger partial charge in [0.2, 0.25) is 0 Å². The lowest BCUT2D eigenvalue weighted by atomic mass is 9.96. The van der Waals surface area contributed by atoms with E-state index in [1.165, 1.54) is 69.9 Å². The van der Waals surface area contributed by atoms with Gasteiger partial charge < -0.3 is 19.7 Å². The lowest BCUT2D eigenvalue weighted by molar-refractivity contribution is 0.126. The summed E-state index contributed by atoms with van der Waals surface area (Å²) in [5.41, 5.74) is 1.22. The summed E-state index contributed by atoms with van der Waals surface area (Å²) in [5, 5.41) is 3.49. The molecule has 0 spiro atoms. The first kappa shape index (κ1) is 21.4. The molecule has 0 saturated carbocycles. The van der Waals surface area contributed by atoms with E-state index in [2.05, 4.69) is 28.2 Å². The van der Waals surface area contributed by atoms with Crippen LogP contribution in [-0.2, 0) is 4.74 Å². The first-order valence-electron chi connectivity index (χ1n) is 11.5. The Morgan fingerprint density at radius 2 is 2.04 bits per heavy atom. The van der Waals surface area contributed by atoms with Gasteiger partial charge in [-0.25, -0.2) is 0 Å². The molecule has 2 aliphatic heterocycles. The van der Waals surface area contributed by atoms with Crippen LogP contribution in [0.15, 0.2) is 18.5 Å². The Labute approximate surface area is 171 Å². The zero-order chi connectivity index (χ0) is 19.4. The summed E-state index contributed by atoms with van der Waals surface area (Å²) in [5.74, 6) is 0.903. The van der Waals surface area contributed by atoms with E-state index in [4.69, 9.17) is 9.47 Å². The van der Waals surface area contributed by atoms with Crippen LogP contribution in [0.2, 0.25) is 0 Å². The van der Waals surface area contributed by atoms with Crippen LogP contribution in [-0.4, -0.2) is 50.0 Å². The van der Waals surface area contributed by atoms with Crippen LogP contribution in [0.25, 0.3) is 0 Å². The number of ether oxygens (including phenoxy) is 2. The highest BCUT2D eigenvalue weighted by molar-refractivity contribution is 5.49. The third-order valence-corrected chi connectivity index (χ3v) is 5.99. The molecule has 0 aromatic carbocycles. The SMILES string of the molecule is CCCCOCCCC[C@@H]1CCCCN1c1cncc(OC[C@@H]2CCCN2)c1. The lowest BCUT2D eigenvalue weighted by Gasteiger charge is -2.37. The maximum atomic E-state index is 6.03. The maximum absolute atomic E-state index is 6.03.